The normalized spacial score (nSPS) is 10.4. The number of carbonyl (C=O) groups excluding carboxylic acids is 2. The SMILES string of the molecule is Cc1ccc(NC(=O)C(=O)N/N=C\c2ccc(O)cc2)cc1. The number of phenols is 1. The van der Waals surface area contributed by atoms with Crippen LogP contribution in [-0.4, -0.2) is 23.1 Å². The number of hydrazone groups is 1. The summed E-state index contributed by atoms with van der Waals surface area (Å²) in [5.74, 6) is -1.53. The molecule has 112 valence electrons. The number of amides is 2. The highest BCUT2D eigenvalue weighted by atomic mass is 16.3. The second-order valence-electron chi connectivity index (χ2n) is 4.61. The van der Waals surface area contributed by atoms with Gasteiger partial charge in [-0.2, -0.15) is 5.10 Å². The fourth-order valence-electron chi connectivity index (χ4n) is 1.60. The first-order chi connectivity index (χ1) is 10.5. The smallest absolute Gasteiger partial charge is 0.329 e. The molecule has 0 atom stereocenters. The van der Waals surface area contributed by atoms with E-state index in [-0.39, 0.29) is 5.75 Å². The third-order valence-electron chi connectivity index (χ3n) is 2.79. The monoisotopic (exact) mass is 297 g/mol. The zero-order valence-corrected chi connectivity index (χ0v) is 11.9. The number of phenolic OH excluding ortho intramolecular Hbond substituents is 1. The Morgan fingerprint density at radius 1 is 1.00 bits per heavy atom. The van der Waals surface area contributed by atoms with Crippen molar-refractivity contribution in [2.45, 2.75) is 6.92 Å². The molecule has 3 N–H and O–H groups in total. The molecular weight excluding hydrogens is 282 g/mol. The summed E-state index contributed by atoms with van der Waals surface area (Å²) in [4.78, 5) is 23.2. The van der Waals surface area contributed by atoms with E-state index in [0.29, 0.717) is 11.3 Å². The predicted octanol–water partition coefficient (Wildman–Crippen LogP) is 1.79. The van der Waals surface area contributed by atoms with Gasteiger partial charge in [0.15, 0.2) is 0 Å². The Labute approximate surface area is 127 Å². The van der Waals surface area contributed by atoms with E-state index in [1.165, 1.54) is 18.3 Å². The Morgan fingerprint density at radius 2 is 1.64 bits per heavy atom. The minimum atomic E-state index is -0.865. The lowest BCUT2D eigenvalue weighted by molar-refractivity contribution is -0.136. The molecule has 0 fully saturated rings. The molecule has 0 heterocycles. The molecule has 2 aromatic carbocycles. The molecule has 2 aromatic rings. The maximum atomic E-state index is 11.7. The van der Waals surface area contributed by atoms with Crippen molar-refractivity contribution < 1.29 is 14.7 Å². The third-order valence-corrected chi connectivity index (χ3v) is 2.79. The average Bonchev–Trinajstić information content (AvgIpc) is 2.51. The van der Waals surface area contributed by atoms with Crippen LogP contribution in [0.5, 0.6) is 5.75 Å². The van der Waals surface area contributed by atoms with Crippen LogP contribution in [0.25, 0.3) is 0 Å². The van der Waals surface area contributed by atoms with Crippen LogP contribution in [0.15, 0.2) is 53.6 Å². The number of aryl methyl sites for hydroxylation is 1. The van der Waals surface area contributed by atoms with Gasteiger partial charge in [-0.3, -0.25) is 9.59 Å². The van der Waals surface area contributed by atoms with Crippen molar-refractivity contribution in [1.82, 2.24) is 5.43 Å². The number of aromatic hydroxyl groups is 1. The van der Waals surface area contributed by atoms with Crippen molar-refractivity contribution in [3.05, 3.63) is 59.7 Å². The molecule has 22 heavy (non-hydrogen) atoms. The number of nitrogens with one attached hydrogen (secondary N) is 2. The quantitative estimate of drug-likeness (QED) is 0.458. The summed E-state index contributed by atoms with van der Waals surface area (Å²) in [6, 6.07) is 13.3. The number of rotatable bonds is 3. The Hall–Kier alpha value is -3.15. The van der Waals surface area contributed by atoms with Gasteiger partial charge in [0.05, 0.1) is 6.21 Å². The number of nitrogens with zero attached hydrogens (tertiary/aromatic N) is 1. The zero-order valence-electron chi connectivity index (χ0n) is 11.9. The van der Waals surface area contributed by atoms with Crippen LogP contribution < -0.4 is 10.7 Å². The Bertz CT molecular complexity index is 692. The second kappa shape index (κ2) is 7.03. The fourth-order valence-corrected chi connectivity index (χ4v) is 1.60. The van der Waals surface area contributed by atoms with Crippen molar-refractivity contribution in [3.63, 3.8) is 0 Å². The highest BCUT2D eigenvalue weighted by molar-refractivity contribution is 6.39. The van der Waals surface area contributed by atoms with Crippen molar-refractivity contribution in [2.75, 3.05) is 5.32 Å². The van der Waals surface area contributed by atoms with Gasteiger partial charge in [-0.1, -0.05) is 17.7 Å². The molecule has 0 spiro atoms. The van der Waals surface area contributed by atoms with Gasteiger partial charge < -0.3 is 10.4 Å². The van der Waals surface area contributed by atoms with Gasteiger partial charge in [0.2, 0.25) is 0 Å². The Morgan fingerprint density at radius 3 is 2.27 bits per heavy atom. The molecule has 0 saturated carbocycles. The number of hydrogen-bond donors (Lipinski definition) is 3. The van der Waals surface area contributed by atoms with Crippen LogP contribution in [0.4, 0.5) is 5.69 Å². The molecule has 0 aliphatic heterocycles. The summed E-state index contributed by atoms with van der Waals surface area (Å²) in [6.45, 7) is 1.93. The number of benzene rings is 2. The van der Waals surface area contributed by atoms with Gasteiger partial charge in [-0.15, -0.1) is 0 Å². The standard InChI is InChI=1S/C16H15N3O3/c1-11-2-6-13(7-3-11)18-15(21)16(22)19-17-10-12-4-8-14(20)9-5-12/h2-10,20H,1H3,(H,18,21)(H,19,22)/b17-10-. The molecule has 0 aromatic heterocycles. The van der Waals surface area contributed by atoms with E-state index in [0.717, 1.165) is 5.56 Å². The molecular formula is C16H15N3O3. The van der Waals surface area contributed by atoms with E-state index in [1.54, 1.807) is 24.3 Å². The first kappa shape index (κ1) is 15.2. The second-order valence-corrected chi connectivity index (χ2v) is 4.61. The first-order valence-electron chi connectivity index (χ1n) is 6.55. The van der Waals surface area contributed by atoms with E-state index in [4.69, 9.17) is 5.11 Å². The van der Waals surface area contributed by atoms with Gasteiger partial charge in [0.25, 0.3) is 0 Å². The summed E-state index contributed by atoms with van der Waals surface area (Å²) < 4.78 is 0. The maximum Gasteiger partial charge on any atom is 0.329 e. The van der Waals surface area contributed by atoms with Crippen LogP contribution in [0.3, 0.4) is 0 Å². The zero-order chi connectivity index (χ0) is 15.9. The van der Waals surface area contributed by atoms with E-state index >= 15 is 0 Å². The number of carbonyl (C=O) groups is 2. The van der Waals surface area contributed by atoms with Crippen LogP contribution in [-0.2, 0) is 9.59 Å². The van der Waals surface area contributed by atoms with Crippen LogP contribution in [0, 0.1) is 6.92 Å². The third kappa shape index (κ3) is 4.45. The van der Waals surface area contributed by atoms with E-state index < -0.39 is 11.8 Å². The minimum absolute atomic E-state index is 0.138. The first-order valence-corrected chi connectivity index (χ1v) is 6.55. The highest BCUT2D eigenvalue weighted by Gasteiger charge is 2.12. The van der Waals surface area contributed by atoms with Gasteiger partial charge in [0, 0.05) is 5.69 Å². The van der Waals surface area contributed by atoms with E-state index in [2.05, 4.69) is 15.8 Å². The summed E-state index contributed by atoms with van der Waals surface area (Å²) in [5.41, 5.74) is 4.40. The Balaban J connectivity index is 1.87. The molecule has 0 saturated heterocycles. The fraction of sp³-hybridized carbons (Fsp3) is 0.0625. The summed E-state index contributed by atoms with van der Waals surface area (Å²) in [7, 11) is 0. The summed E-state index contributed by atoms with van der Waals surface area (Å²) >= 11 is 0. The van der Waals surface area contributed by atoms with Gasteiger partial charge in [0.1, 0.15) is 5.75 Å². The summed E-state index contributed by atoms with van der Waals surface area (Å²) in [6.07, 6.45) is 1.37. The maximum absolute atomic E-state index is 11.7. The van der Waals surface area contributed by atoms with Crippen LogP contribution >= 0.6 is 0 Å². The molecule has 2 amide bonds. The summed E-state index contributed by atoms with van der Waals surface area (Å²) in [5, 5.41) is 15.3. The average molecular weight is 297 g/mol. The lowest BCUT2D eigenvalue weighted by atomic mass is 10.2. The predicted molar refractivity (Wildman–Crippen MR) is 83.7 cm³/mol. The molecule has 0 bridgehead atoms. The Kier molecular flexibility index (Phi) is 4.87. The number of hydrogen-bond acceptors (Lipinski definition) is 4. The molecule has 0 aliphatic rings. The van der Waals surface area contributed by atoms with E-state index in [1.807, 2.05) is 19.1 Å². The van der Waals surface area contributed by atoms with Crippen LogP contribution in [0.2, 0.25) is 0 Å². The molecule has 6 nitrogen and oxygen atoms in total. The van der Waals surface area contributed by atoms with Crippen molar-refractivity contribution in [2.24, 2.45) is 5.10 Å². The van der Waals surface area contributed by atoms with Crippen molar-refractivity contribution in [1.29, 1.82) is 0 Å². The minimum Gasteiger partial charge on any atom is -0.508 e. The molecule has 6 heteroatoms. The molecule has 0 unspecified atom stereocenters. The largest absolute Gasteiger partial charge is 0.508 e. The van der Waals surface area contributed by atoms with E-state index in [9.17, 15) is 9.59 Å². The highest BCUT2D eigenvalue weighted by Crippen LogP contribution is 2.08. The van der Waals surface area contributed by atoms with Crippen LogP contribution in [0.1, 0.15) is 11.1 Å². The lowest BCUT2D eigenvalue weighted by Crippen LogP contribution is -2.32. The van der Waals surface area contributed by atoms with Gasteiger partial charge in [-0.05, 0) is 48.9 Å². The lowest BCUT2D eigenvalue weighted by Gasteiger charge is -2.04. The van der Waals surface area contributed by atoms with Gasteiger partial charge in [-0.25, -0.2) is 5.43 Å². The van der Waals surface area contributed by atoms with Crippen molar-refractivity contribution in [3.8, 4) is 5.75 Å². The molecule has 0 aliphatic carbocycles. The molecule has 2 rings (SSSR count). The van der Waals surface area contributed by atoms with Crippen molar-refractivity contribution >= 4 is 23.7 Å². The van der Waals surface area contributed by atoms with Gasteiger partial charge >= 0.3 is 11.8 Å². The topological polar surface area (TPSA) is 90.8 Å². The number of anilines is 1. The molecule has 0 radical (unpaired) electrons.